The van der Waals surface area contributed by atoms with Crippen molar-refractivity contribution in [3.63, 3.8) is 0 Å². The molecule has 5 heteroatoms. The van der Waals surface area contributed by atoms with Crippen molar-refractivity contribution in [2.24, 2.45) is 11.8 Å². The smallest absolute Gasteiger partial charge is 0.204 e. The molecule has 0 aromatic heterocycles. The van der Waals surface area contributed by atoms with Crippen molar-refractivity contribution in [1.82, 2.24) is 0 Å². The van der Waals surface area contributed by atoms with Gasteiger partial charge in [-0.2, -0.15) is 8.78 Å². The Morgan fingerprint density at radius 1 is 0.861 bits per heavy atom. The van der Waals surface area contributed by atoms with Crippen LogP contribution in [0.25, 0.3) is 0 Å². The molecule has 0 spiro atoms. The topological polar surface area (TPSA) is 0 Å². The number of rotatable bonds is 4. The molecule has 0 saturated heterocycles. The lowest BCUT2D eigenvalue weighted by Gasteiger charge is -2.29. The maximum Gasteiger partial charge on any atom is 0.298 e. The third-order valence-corrected chi connectivity index (χ3v) is 7.36. The van der Waals surface area contributed by atoms with E-state index in [1.807, 2.05) is 12.1 Å². The van der Waals surface area contributed by atoms with Gasteiger partial charge in [0.15, 0.2) is 17.5 Å². The van der Waals surface area contributed by atoms with Crippen molar-refractivity contribution >= 4 is 0 Å². The van der Waals surface area contributed by atoms with Crippen LogP contribution in [0.15, 0.2) is 84.0 Å². The normalized spacial score (nSPS) is 23.2. The first-order chi connectivity index (χ1) is 17.1. The summed E-state index contributed by atoms with van der Waals surface area (Å²) in [4.78, 5) is 0. The molecule has 1 atom stereocenters. The number of allylic oxidation sites excluding steroid dienone is 8. The molecule has 0 N–H and O–H groups in total. The molecule has 1 saturated carbocycles. The van der Waals surface area contributed by atoms with E-state index < -0.39 is 23.4 Å². The molecule has 190 valence electrons. The minimum Gasteiger partial charge on any atom is -0.204 e. The van der Waals surface area contributed by atoms with E-state index in [2.05, 4.69) is 25.2 Å². The largest absolute Gasteiger partial charge is 0.298 e. The van der Waals surface area contributed by atoms with E-state index in [0.29, 0.717) is 17.4 Å². The average molecular weight is 499 g/mol. The lowest BCUT2D eigenvalue weighted by Crippen LogP contribution is -2.18. The van der Waals surface area contributed by atoms with Gasteiger partial charge in [-0.1, -0.05) is 80.5 Å². The van der Waals surface area contributed by atoms with Gasteiger partial charge in [0.1, 0.15) is 0 Å². The van der Waals surface area contributed by atoms with Crippen LogP contribution in [0.4, 0.5) is 22.0 Å². The maximum absolute atomic E-state index is 14.3. The molecule has 3 aliphatic carbocycles. The zero-order valence-corrected chi connectivity index (χ0v) is 20.6. The fourth-order valence-electron chi connectivity index (χ4n) is 4.97. The number of hydrogen-bond acceptors (Lipinski definition) is 0. The van der Waals surface area contributed by atoms with Crippen LogP contribution in [-0.2, 0) is 5.92 Å². The van der Waals surface area contributed by atoms with E-state index in [1.54, 1.807) is 18.2 Å². The Morgan fingerprint density at radius 2 is 1.47 bits per heavy atom. The molecule has 0 aliphatic heterocycles. The van der Waals surface area contributed by atoms with Gasteiger partial charge in [-0.15, -0.1) is 0 Å². The van der Waals surface area contributed by atoms with Crippen LogP contribution in [0.5, 0.6) is 0 Å². The van der Waals surface area contributed by atoms with Crippen molar-refractivity contribution in [3.05, 3.63) is 118 Å². The molecule has 1 fully saturated rings. The van der Waals surface area contributed by atoms with Crippen molar-refractivity contribution < 1.29 is 22.0 Å². The quantitative estimate of drug-likeness (QED) is 0.291. The first kappa shape index (κ1) is 26.1. The molecule has 1 unspecified atom stereocenters. The van der Waals surface area contributed by atoms with Crippen molar-refractivity contribution in [1.29, 1.82) is 0 Å². The molecule has 0 amide bonds. The summed E-state index contributed by atoms with van der Waals surface area (Å²) in [6, 6.07) is 8.78. The van der Waals surface area contributed by atoms with Gasteiger partial charge in [-0.25, -0.2) is 13.2 Å². The highest BCUT2D eigenvalue weighted by Crippen LogP contribution is 2.40. The summed E-state index contributed by atoms with van der Waals surface area (Å²) in [6.07, 6.45) is 17.8. The summed E-state index contributed by atoms with van der Waals surface area (Å²) in [6.45, 7) is 3.84. The summed E-state index contributed by atoms with van der Waals surface area (Å²) in [5, 5.41) is 0. The predicted molar refractivity (Wildman–Crippen MR) is 134 cm³/mol. The van der Waals surface area contributed by atoms with E-state index >= 15 is 0 Å². The number of hydrogen-bond donors (Lipinski definition) is 0. The van der Waals surface area contributed by atoms with E-state index in [9.17, 15) is 22.0 Å². The lowest BCUT2D eigenvalue weighted by molar-refractivity contribution is 0.0410. The predicted octanol–water partition coefficient (Wildman–Crippen LogP) is 9.48. The molecule has 0 nitrogen and oxygen atoms in total. The van der Waals surface area contributed by atoms with Gasteiger partial charge in [0, 0.05) is 17.1 Å². The van der Waals surface area contributed by atoms with E-state index in [1.165, 1.54) is 50.3 Å². The second-order valence-corrected chi connectivity index (χ2v) is 10.1. The molecule has 5 rings (SSSR count). The molecule has 0 heterocycles. The van der Waals surface area contributed by atoms with Crippen LogP contribution < -0.4 is 0 Å². The Kier molecular flexibility index (Phi) is 7.97. The Bertz CT molecular complexity index is 1170. The standard InChI is InChI=1S/C24H26F2.C7H5F3/c1-17-5-7-18(8-6-17)19-9-11-20(12-10-19)21-13-15-23(16-14-21)24(25,26)22-3-2-4-22;1-4-2-5(8)7(10)6(9)3-4/h2-4,9-11,13-18,20H,5-8,12H2,1H3;2-3H,1H3. The van der Waals surface area contributed by atoms with Crippen LogP contribution in [0.3, 0.4) is 0 Å². The monoisotopic (exact) mass is 498 g/mol. The van der Waals surface area contributed by atoms with Gasteiger partial charge in [-0.3, -0.25) is 0 Å². The minimum atomic E-state index is -2.89. The Labute approximate surface area is 209 Å². The Balaban J connectivity index is 0.000000256. The van der Waals surface area contributed by atoms with Crippen LogP contribution >= 0.6 is 0 Å². The molecule has 0 radical (unpaired) electrons. The Morgan fingerprint density at radius 3 is 1.97 bits per heavy atom. The highest BCUT2D eigenvalue weighted by Gasteiger charge is 2.36. The highest BCUT2D eigenvalue weighted by atomic mass is 19.3. The van der Waals surface area contributed by atoms with E-state index in [-0.39, 0.29) is 11.1 Å². The van der Waals surface area contributed by atoms with Crippen LogP contribution in [0, 0.1) is 36.2 Å². The third-order valence-electron chi connectivity index (χ3n) is 7.36. The molecule has 0 bridgehead atoms. The lowest BCUT2D eigenvalue weighted by atomic mass is 9.76. The molecule has 3 aliphatic rings. The van der Waals surface area contributed by atoms with Gasteiger partial charge in [-0.05, 0) is 66.9 Å². The molecule has 2 aromatic rings. The second kappa shape index (κ2) is 11.0. The molecular formula is C31H31F5. The highest BCUT2D eigenvalue weighted by molar-refractivity contribution is 5.46. The number of benzene rings is 2. The second-order valence-electron chi connectivity index (χ2n) is 10.1. The summed E-state index contributed by atoms with van der Waals surface area (Å²) in [5.74, 6) is -4.70. The summed E-state index contributed by atoms with van der Waals surface area (Å²) >= 11 is 0. The van der Waals surface area contributed by atoms with Crippen molar-refractivity contribution in [3.8, 4) is 0 Å². The summed E-state index contributed by atoms with van der Waals surface area (Å²) < 4.78 is 65.2. The van der Waals surface area contributed by atoms with Crippen molar-refractivity contribution in [2.45, 2.75) is 57.8 Å². The average Bonchev–Trinajstić information content (AvgIpc) is 2.82. The fraction of sp³-hybridized carbons (Fsp3) is 0.355. The summed E-state index contributed by atoms with van der Waals surface area (Å²) in [7, 11) is 0. The molecule has 2 aromatic carbocycles. The first-order valence-electron chi connectivity index (χ1n) is 12.5. The van der Waals surface area contributed by atoms with Crippen LogP contribution in [-0.4, -0.2) is 0 Å². The van der Waals surface area contributed by atoms with Gasteiger partial charge < -0.3 is 0 Å². The van der Waals surface area contributed by atoms with Gasteiger partial charge >= 0.3 is 0 Å². The van der Waals surface area contributed by atoms with Gasteiger partial charge in [0.05, 0.1) is 0 Å². The first-order valence-corrected chi connectivity index (χ1v) is 12.5. The number of alkyl halides is 2. The van der Waals surface area contributed by atoms with E-state index in [0.717, 1.165) is 30.0 Å². The minimum absolute atomic E-state index is 0.0733. The van der Waals surface area contributed by atoms with Gasteiger partial charge in [0.2, 0.25) is 0 Å². The fourth-order valence-corrected chi connectivity index (χ4v) is 4.97. The molecular weight excluding hydrogens is 467 g/mol. The molecule has 36 heavy (non-hydrogen) atoms. The van der Waals surface area contributed by atoms with Crippen LogP contribution in [0.2, 0.25) is 0 Å². The van der Waals surface area contributed by atoms with E-state index in [4.69, 9.17) is 0 Å². The number of aryl methyl sites for hydroxylation is 1. The number of halogens is 5. The maximum atomic E-state index is 14.3. The zero-order chi connectivity index (χ0) is 25.9. The Hall–Kier alpha value is -2.95. The summed E-state index contributed by atoms with van der Waals surface area (Å²) in [5.41, 5.74) is 3.14. The van der Waals surface area contributed by atoms with Gasteiger partial charge in [0.25, 0.3) is 5.92 Å². The SMILES string of the molecule is CC1CCC(C2=CCC(c3ccc(C(F)(F)C4=CC=C4)cc3)C=C2)CC1.Cc1cc(F)c(F)c(F)c1. The zero-order valence-electron chi connectivity index (χ0n) is 20.6. The van der Waals surface area contributed by atoms with Crippen molar-refractivity contribution in [2.75, 3.05) is 0 Å². The third kappa shape index (κ3) is 5.88. The van der Waals surface area contributed by atoms with Crippen LogP contribution in [0.1, 0.15) is 61.6 Å².